The Hall–Kier alpha value is -2.56. The number of sulfonamides is 2. The van der Waals surface area contributed by atoms with Crippen molar-refractivity contribution in [3.05, 3.63) is 60.7 Å². The first-order chi connectivity index (χ1) is 16.8. The van der Waals surface area contributed by atoms with Crippen molar-refractivity contribution in [2.45, 2.75) is 35.5 Å². The molecule has 0 bridgehead atoms. The van der Waals surface area contributed by atoms with Gasteiger partial charge in [-0.25, -0.2) is 16.8 Å². The van der Waals surface area contributed by atoms with Crippen LogP contribution in [-0.2, 0) is 39.7 Å². The van der Waals surface area contributed by atoms with Crippen LogP contribution in [0.2, 0.25) is 0 Å². The topological polar surface area (TPSA) is 186 Å². The van der Waals surface area contributed by atoms with E-state index in [0.717, 1.165) is 0 Å². The lowest BCUT2D eigenvalue weighted by molar-refractivity contribution is 0.580. The van der Waals surface area contributed by atoms with Crippen LogP contribution < -0.4 is 0 Å². The quantitative estimate of drug-likeness (QED) is 0.228. The molecule has 0 unspecified atom stereocenters. The first kappa shape index (κ1) is 29.7. The Morgan fingerprint density at radius 1 is 0.472 bits per heavy atom. The van der Waals surface area contributed by atoms with Gasteiger partial charge in [0.1, 0.15) is 0 Å². The summed E-state index contributed by atoms with van der Waals surface area (Å²) in [5.74, 6) is -2.06. The summed E-state index contributed by atoms with van der Waals surface area (Å²) in [6.07, 6.45) is 1.30. The summed E-state index contributed by atoms with van der Waals surface area (Å²) in [6.45, 7) is 0. The summed E-state index contributed by atoms with van der Waals surface area (Å²) in [4.78, 5) is -0.194. The van der Waals surface area contributed by atoms with Crippen molar-refractivity contribution >= 4 is 39.7 Å². The van der Waals surface area contributed by atoms with Gasteiger partial charge in [0.05, 0.1) is 21.3 Å². The van der Waals surface area contributed by atoms with Crippen molar-refractivity contribution in [3.8, 4) is 0 Å². The molecular weight excluding hydrogens is 553 g/mol. The van der Waals surface area contributed by atoms with E-state index in [1.54, 1.807) is 12.1 Å². The van der Waals surface area contributed by atoms with Crippen LogP contribution in [0.15, 0.2) is 89.7 Å². The molecule has 12 nitrogen and oxygen atoms in total. The molecule has 36 heavy (non-hydrogen) atoms. The Bertz CT molecular complexity index is 1360. The predicted molar refractivity (Wildman–Crippen MR) is 133 cm³/mol. The SMILES string of the molecule is O=S(=O)(CCCCCCS(=O)(=O)C/N=N/S(=O)(=O)c1ccccc1)C/N=N/S(=O)(=O)c1ccccc1. The first-order valence-electron chi connectivity index (χ1n) is 10.6. The summed E-state index contributed by atoms with van der Waals surface area (Å²) < 4.78 is 102. The molecule has 2 rings (SSSR count). The minimum Gasteiger partial charge on any atom is -0.227 e. The molecule has 0 atom stereocenters. The largest absolute Gasteiger partial charge is 0.299 e. The molecular formula is C20H26N4O8S4. The van der Waals surface area contributed by atoms with Gasteiger partial charge in [-0.1, -0.05) is 58.3 Å². The summed E-state index contributed by atoms with van der Waals surface area (Å²) >= 11 is 0. The van der Waals surface area contributed by atoms with Crippen molar-refractivity contribution in [3.63, 3.8) is 0 Å². The third kappa shape index (κ3) is 10.6. The van der Waals surface area contributed by atoms with Crippen molar-refractivity contribution in [1.82, 2.24) is 0 Å². The Balaban J connectivity index is 1.69. The zero-order valence-electron chi connectivity index (χ0n) is 19.1. The van der Waals surface area contributed by atoms with Crippen LogP contribution in [0.5, 0.6) is 0 Å². The zero-order valence-corrected chi connectivity index (χ0v) is 22.4. The molecule has 2 aromatic rings. The molecule has 2 aromatic carbocycles. The number of unbranched alkanes of at least 4 members (excludes halogenated alkanes) is 3. The fourth-order valence-electron chi connectivity index (χ4n) is 2.78. The maximum absolute atomic E-state index is 12.0. The van der Waals surface area contributed by atoms with Gasteiger partial charge in [0.25, 0.3) is 20.0 Å². The molecule has 0 saturated heterocycles. The Morgan fingerprint density at radius 2 is 0.806 bits per heavy atom. The lowest BCUT2D eigenvalue weighted by Gasteiger charge is -2.03. The second-order valence-corrected chi connectivity index (χ2v) is 15.1. The number of sulfone groups is 2. The van der Waals surface area contributed by atoms with Crippen LogP contribution in [0.25, 0.3) is 0 Å². The zero-order chi connectivity index (χ0) is 26.7. The molecule has 0 aromatic heterocycles. The van der Waals surface area contributed by atoms with Crippen molar-refractivity contribution in [2.75, 3.05) is 23.3 Å². The van der Waals surface area contributed by atoms with Gasteiger partial charge in [-0.3, -0.25) is 0 Å². The number of nitrogens with zero attached hydrogens (tertiary/aromatic N) is 4. The van der Waals surface area contributed by atoms with Crippen molar-refractivity contribution < 1.29 is 33.7 Å². The van der Waals surface area contributed by atoms with Gasteiger partial charge in [-0.15, -0.1) is 0 Å². The van der Waals surface area contributed by atoms with Gasteiger partial charge >= 0.3 is 0 Å². The molecule has 0 amide bonds. The van der Waals surface area contributed by atoms with Gasteiger partial charge in [0, 0.05) is 0 Å². The standard InChI is InChI=1S/C20H26N4O8S4/c25-33(26,17-21-23-35(29,30)19-11-5-3-6-12-19)15-9-1-2-10-16-34(27,28)18-22-24-36(31,32)20-13-7-4-8-14-20/h3-8,11-14H,1-2,9-10,15-18H2/b23-21+,24-22+. The van der Waals surface area contributed by atoms with Crippen molar-refractivity contribution in [1.29, 1.82) is 0 Å². The van der Waals surface area contributed by atoms with Crippen LogP contribution in [-0.4, -0.2) is 56.9 Å². The van der Waals surface area contributed by atoms with Gasteiger partial charge < -0.3 is 0 Å². The second kappa shape index (κ2) is 13.1. The van der Waals surface area contributed by atoms with Crippen LogP contribution >= 0.6 is 0 Å². The minimum absolute atomic E-state index is 0.0969. The normalized spacial score (nSPS) is 13.4. The number of benzene rings is 2. The molecule has 0 fully saturated rings. The van der Waals surface area contributed by atoms with E-state index in [9.17, 15) is 33.7 Å². The van der Waals surface area contributed by atoms with Crippen LogP contribution in [0.3, 0.4) is 0 Å². The minimum atomic E-state index is -4.07. The summed E-state index contributed by atoms with van der Waals surface area (Å²) in [5.41, 5.74) is 0. The van der Waals surface area contributed by atoms with E-state index in [1.165, 1.54) is 48.5 Å². The molecule has 0 saturated carbocycles. The van der Waals surface area contributed by atoms with Crippen LogP contribution in [0.1, 0.15) is 25.7 Å². The molecule has 198 valence electrons. The van der Waals surface area contributed by atoms with Gasteiger partial charge in [0.2, 0.25) is 0 Å². The van der Waals surface area contributed by atoms with E-state index >= 15 is 0 Å². The predicted octanol–water partition coefficient (Wildman–Crippen LogP) is 2.97. The first-order valence-corrected chi connectivity index (χ1v) is 17.1. The number of hydrogen-bond donors (Lipinski definition) is 0. The smallest absolute Gasteiger partial charge is 0.227 e. The van der Waals surface area contributed by atoms with Gasteiger partial charge in [-0.2, -0.15) is 27.1 Å². The van der Waals surface area contributed by atoms with Crippen LogP contribution in [0, 0.1) is 0 Å². The monoisotopic (exact) mass is 578 g/mol. The van der Waals surface area contributed by atoms with E-state index in [-0.39, 0.29) is 34.1 Å². The summed E-state index contributed by atoms with van der Waals surface area (Å²) in [5, 5.41) is 6.62. The van der Waals surface area contributed by atoms with E-state index in [1.807, 2.05) is 0 Å². The Labute approximate surface area is 211 Å². The maximum atomic E-state index is 12.0. The molecule has 16 heteroatoms. The number of rotatable bonds is 15. The highest BCUT2D eigenvalue weighted by Crippen LogP contribution is 2.13. The van der Waals surface area contributed by atoms with Crippen molar-refractivity contribution in [2.24, 2.45) is 19.3 Å². The highest BCUT2D eigenvalue weighted by atomic mass is 32.2. The Morgan fingerprint density at radius 3 is 1.14 bits per heavy atom. The molecule has 0 spiro atoms. The van der Waals surface area contributed by atoms with Gasteiger partial charge in [0.15, 0.2) is 31.4 Å². The van der Waals surface area contributed by atoms with E-state index in [0.29, 0.717) is 12.8 Å². The van der Waals surface area contributed by atoms with E-state index in [4.69, 9.17) is 0 Å². The molecule has 0 aliphatic heterocycles. The van der Waals surface area contributed by atoms with Crippen LogP contribution in [0.4, 0.5) is 0 Å². The molecule has 0 aliphatic carbocycles. The average molecular weight is 579 g/mol. The third-order valence-electron chi connectivity index (χ3n) is 4.58. The number of hydrogen-bond acceptors (Lipinski definition) is 10. The highest BCUT2D eigenvalue weighted by molar-refractivity contribution is 7.92. The molecule has 0 heterocycles. The van der Waals surface area contributed by atoms with E-state index in [2.05, 4.69) is 19.3 Å². The molecule has 0 aliphatic rings. The molecule has 0 N–H and O–H groups in total. The fourth-order valence-corrected chi connectivity index (χ4v) is 6.55. The lowest BCUT2D eigenvalue weighted by Crippen LogP contribution is -2.11. The Kier molecular flexibility index (Phi) is 10.8. The van der Waals surface area contributed by atoms with E-state index < -0.39 is 51.5 Å². The lowest BCUT2D eigenvalue weighted by atomic mass is 10.2. The fraction of sp³-hybridized carbons (Fsp3) is 0.400. The average Bonchev–Trinajstić information content (AvgIpc) is 2.82. The second-order valence-electron chi connectivity index (χ2n) is 7.59. The highest BCUT2D eigenvalue weighted by Gasteiger charge is 2.16. The molecule has 0 radical (unpaired) electrons. The summed E-state index contributed by atoms with van der Waals surface area (Å²) in [7, 11) is -15.5. The third-order valence-corrected chi connectivity index (χ3v) is 9.82. The summed E-state index contributed by atoms with van der Waals surface area (Å²) in [6, 6.07) is 14.5. The van der Waals surface area contributed by atoms with Gasteiger partial charge in [-0.05, 0) is 37.1 Å². The maximum Gasteiger partial charge on any atom is 0.299 e.